The predicted molar refractivity (Wildman–Crippen MR) is 98.4 cm³/mol. The van der Waals surface area contributed by atoms with Gasteiger partial charge in [0.2, 0.25) is 5.91 Å². The molecule has 122 valence electrons. The lowest BCUT2D eigenvalue weighted by atomic mass is 10.2. The minimum Gasteiger partial charge on any atom is -0.351 e. The minimum atomic E-state index is -0.214. The summed E-state index contributed by atoms with van der Waals surface area (Å²) >= 11 is 9.40. The van der Waals surface area contributed by atoms with Crippen LogP contribution in [0.5, 0.6) is 0 Å². The lowest BCUT2D eigenvalue weighted by molar-refractivity contribution is -0.125. The largest absolute Gasteiger partial charge is 0.351 e. The molecule has 0 aromatic heterocycles. The van der Waals surface area contributed by atoms with Crippen LogP contribution in [0.1, 0.15) is 18.1 Å². The molecule has 1 amide bonds. The SMILES string of the molecule is CC(C(=O)NCc1ccc(Cl)cc1)N(C)Cc1ccccc1Br. The molecule has 2 rings (SSSR count). The molecular weight excluding hydrogens is 376 g/mol. The van der Waals surface area contributed by atoms with Gasteiger partial charge in [-0.05, 0) is 43.3 Å². The van der Waals surface area contributed by atoms with Crippen molar-refractivity contribution in [3.05, 3.63) is 69.2 Å². The molecule has 2 aromatic carbocycles. The quantitative estimate of drug-likeness (QED) is 0.793. The first-order chi connectivity index (χ1) is 11.0. The number of halogens is 2. The molecular formula is C18H20BrClN2O. The first-order valence-electron chi connectivity index (χ1n) is 7.43. The Bertz CT molecular complexity index is 660. The Morgan fingerprint density at radius 3 is 2.52 bits per heavy atom. The Kier molecular flexibility index (Phi) is 6.63. The van der Waals surface area contributed by atoms with Gasteiger partial charge in [-0.15, -0.1) is 0 Å². The van der Waals surface area contributed by atoms with Crippen LogP contribution in [0, 0.1) is 0 Å². The smallest absolute Gasteiger partial charge is 0.237 e. The number of amides is 1. The van der Waals surface area contributed by atoms with Crippen molar-refractivity contribution >= 4 is 33.4 Å². The van der Waals surface area contributed by atoms with Crippen LogP contribution in [-0.4, -0.2) is 23.9 Å². The summed E-state index contributed by atoms with van der Waals surface area (Å²) in [5, 5.41) is 3.66. The lowest BCUT2D eigenvalue weighted by Crippen LogP contribution is -2.42. The summed E-state index contributed by atoms with van der Waals surface area (Å²) in [5.74, 6) is 0.00880. The summed E-state index contributed by atoms with van der Waals surface area (Å²) in [4.78, 5) is 14.3. The highest BCUT2D eigenvalue weighted by atomic mass is 79.9. The van der Waals surface area contributed by atoms with E-state index in [1.54, 1.807) is 0 Å². The van der Waals surface area contributed by atoms with Gasteiger partial charge in [-0.25, -0.2) is 0 Å². The maximum atomic E-state index is 12.3. The predicted octanol–water partition coefficient (Wildman–Crippen LogP) is 4.24. The van der Waals surface area contributed by atoms with E-state index in [1.807, 2.05) is 61.3 Å². The van der Waals surface area contributed by atoms with Gasteiger partial charge in [-0.3, -0.25) is 9.69 Å². The number of hydrogen-bond acceptors (Lipinski definition) is 2. The van der Waals surface area contributed by atoms with Crippen molar-refractivity contribution in [2.75, 3.05) is 7.05 Å². The summed E-state index contributed by atoms with van der Waals surface area (Å²) < 4.78 is 1.06. The third-order valence-corrected chi connectivity index (χ3v) is 4.82. The van der Waals surface area contributed by atoms with Gasteiger partial charge in [-0.1, -0.05) is 57.9 Å². The maximum absolute atomic E-state index is 12.3. The van der Waals surface area contributed by atoms with E-state index in [0.29, 0.717) is 18.1 Å². The number of carbonyl (C=O) groups excluding carboxylic acids is 1. The lowest BCUT2D eigenvalue weighted by Gasteiger charge is -2.24. The fourth-order valence-corrected chi connectivity index (χ4v) is 2.71. The van der Waals surface area contributed by atoms with E-state index in [9.17, 15) is 4.79 Å². The molecule has 5 heteroatoms. The minimum absolute atomic E-state index is 0.00880. The van der Waals surface area contributed by atoms with Crippen molar-refractivity contribution in [1.82, 2.24) is 10.2 Å². The second kappa shape index (κ2) is 8.48. The summed E-state index contributed by atoms with van der Waals surface area (Å²) in [6.07, 6.45) is 0. The molecule has 1 unspecified atom stereocenters. The molecule has 1 atom stereocenters. The second-order valence-electron chi connectivity index (χ2n) is 5.53. The Morgan fingerprint density at radius 1 is 1.22 bits per heavy atom. The summed E-state index contributed by atoms with van der Waals surface area (Å²) in [5.41, 5.74) is 2.19. The van der Waals surface area contributed by atoms with Gasteiger partial charge >= 0.3 is 0 Å². The van der Waals surface area contributed by atoms with Crippen LogP contribution in [0.15, 0.2) is 53.0 Å². The van der Waals surface area contributed by atoms with Crippen LogP contribution in [0.2, 0.25) is 5.02 Å². The van der Waals surface area contributed by atoms with Gasteiger partial charge in [0, 0.05) is 22.6 Å². The maximum Gasteiger partial charge on any atom is 0.237 e. The molecule has 0 saturated carbocycles. The molecule has 23 heavy (non-hydrogen) atoms. The monoisotopic (exact) mass is 394 g/mol. The number of likely N-dealkylation sites (N-methyl/N-ethyl adjacent to an activating group) is 1. The first kappa shape index (κ1) is 18.0. The van der Waals surface area contributed by atoms with Crippen molar-refractivity contribution in [3.63, 3.8) is 0 Å². The van der Waals surface area contributed by atoms with Crippen LogP contribution in [0.25, 0.3) is 0 Å². The van der Waals surface area contributed by atoms with Gasteiger partial charge in [-0.2, -0.15) is 0 Å². The molecule has 0 aliphatic carbocycles. The van der Waals surface area contributed by atoms with E-state index >= 15 is 0 Å². The van der Waals surface area contributed by atoms with Crippen molar-refractivity contribution < 1.29 is 4.79 Å². The Hall–Kier alpha value is -1.36. The molecule has 2 aromatic rings. The van der Waals surface area contributed by atoms with Crippen molar-refractivity contribution in [2.24, 2.45) is 0 Å². The van der Waals surface area contributed by atoms with Crippen molar-refractivity contribution in [2.45, 2.75) is 26.1 Å². The van der Waals surface area contributed by atoms with Gasteiger partial charge in [0.1, 0.15) is 0 Å². The third kappa shape index (κ3) is 5.34. The Labute approximate surface area is 150 Å². The molecule has 0 bridgehead atoms. The zero-order chi connectivity index (χ0) is 16.8. The zero-order valence-electron chi connectivity index (χ0n) is 13.2. The Morgan fingerprint density at radius 2 is 1.87 bits per heavy atom. The van der Waals surface area contributed by atoms with E-state index in [-0.39, 0.29) is 11.9 Å². The van der Waals surface area contributed by atoms with E-state index in [1.165, 1.54) is 0 Å². The fourth-order valence-electron chi connectivity index (χ4n) is 2.17. The van der Waals surface area contributed by atoms with Gasteiger partial charge < -0.3 is 5.32 Å². The number of nitrogens with one attached hydrogen (secondary N) is 1. The average Bonchev–Trinajstić information content (AvgIpc) is 2.55. The van der Waals surface area contributed by atoms with Crippen LogP contribution in [0.4, 0.5) is 0 Å². The van der Waals surface area contributed by atoms with E-state index in [4.69, 9.17) is 11.6 Å². The fraction of sp³-hybridized carbons (Fsp3) is 0.278. The summed E-state index contributed by atoms with van der Waals surface area (Å²) in [7, 11) is 1.95. The molecule has 0 heterocycles. The standard InChI is InChI=1S/C18H20BrClN2O/c1-13(22(2)12-15-5-3-4-6-17(15)19)18(23)21-11-14-7-9-16(20)10-8-14/h3-10,13H,11-12H2,1-2H3,(H,21,23). The highest BCUT2D eigenvalue weighted by Crippen LogP contribution is 2.18. The van der Waals surface area contributed by atoms with Gasteiger partial charge in [0.15, 0.2) is 0 Å². The number of carbonyl (C=O) groups is 1. The molecule has 1 N–H and O–H groups in total. The Balaban J connectivity index is 1.88. The number of benzene rings is 2. The number of nitrogens with zero attached hydrogens (tertiary/aromatic N) is 1. The zero-order valence-corrected chi connectivity index (χ0v) is 15.6. The number of rotatable bonds is 6. The van der Waals surface area contributed by atoms with E-state index in [2.05, 4.69) is 27.3 Å². The van der Waals surface area contributed by atoms with Crippen molar-refractivity contribution in [1.29, 1.82) is 0 Å². The van der Waals surface area contributed by atoms with Crippen LogP contribution in [-0.2, 0) is 17.9 Å². The third-order valence-electron chi connectivity index (χ3n) is 3.80. The molecule has 0 fully saturated rings. The van der Waals surface area contributed by atoms with Crippen LogP contribution in [0.3, 0.4) is 0 Å². The molecule has 0 radical (unpaired) electrons. The molecule has 0 spiro atoms. The van der Waals surface area contributed by atoms with E-state index < -0.39 is 0 Å². The normalized spacial score (nSPS) is 12.2. The van der Waals surface area contributed by atoms with Gasteiger partial charge in [0.25, 0.3) is 0 Å². The first-order valence-corrected chi connectivity index (χ1v) is 8.60. The van der Waals surface area contributed by atoms with Gasteiger partial charge in [0.05, 0.1) is 6.04 Å². The number of hydrogen-bond donors (Lipinski definition) is 1. The average molecular weight is 396 g/mol. The highest BCUT2D eigenvalue weighted by Gasteiger charge is 2.18. The van der Waals surface area contributed by atoms with E-state index in [0.717, 1.165) is 15.6 Å². The van der Waals surface area contributed by atoms with Crippen LogP contribution < -0.4 is 5.32 Å². The highest BCUT2D eigenvalue weighted by molar-refractivity contribution is 9.10. The van der Waals surface area contributed by atoms with Crippen molar-refractivity contribution in [3.8, 4) is 0 Å². The second-order valence-corrected chi connectivity index (χ2v) is 6.82. The molecule has 0 aliphatic rings. The summed E-state index contributed by atoms with van der Waals surface area (Å²) in [6, 6.07) is 15.3. The summed E-state index contributed by atoms with van der Waals surface area (Å²) in [6.45, 7) is 3.12. The van der Waals surface area contributed by atoms with Crippen LogP contribution >= 0.6 is 27.5 Å². The topological polar surface area (TPSA) is 32.3 Å². The molecule has 0 aliphatic heterocycles. The molecule has 3 nitrogen and oxygen atoms in total. The molecule has 0 saturated heterocycles.